The highest BCUT2D eigenvalue weighted by Gasteiger charge is 2.29. The minimum atomic E-state index is -0.492. The molecule has 1 amide bonds. The number of hydrazine groups is 1. The molecule has 4 N–H and O–H groups in total. The number of nitrogens with two attached hydrogens (primary N) is 2. The monoisotopic (exact) mass is 446 g/mol. The Bertz CT molecular complexity index is 893. The van der Waals surface area contributed by atoms with Gasteiger partial charge in [-0.25, -0.2) is 15.6 Å². The lowest BCUT2D eigenvalue weighted by Gasteiger charge is -2.33. The minimum absolute atomic E-state index is 0.221. The molecule has 31 heavy (non-hydrogen) atoms. The Morgan fingerprint density at radius 2 is 2.13 bits per heavy atom. The molecule has 1 aromatic heterocycles. The molecule has 0 saturated carbocycles. The lowest BCUT2D eigenvalue weighted by atomic mass is 9.99. The fraction of sp³-hybridized carbons (Fsp3) is 0.476. The van der Waals surface area contributed by atoms with Crippen molar-refractivity contribution in [3.8, 4) is 5.75 Å². The number of nitrogens with zero attached hydrogens (tertiary/aromatic N) is 4. The number of amides is 1. The number of aromatic nitrogens is 1. The molecule has 10 heteroatoms. The molecule has 1 unspecified atom stereocenters. The molecule has 0 bridgehead atoms. The number of piperidine rings is 1. The third-order valence-electron chi connectivity index (χ3n) is 4.70. The van der Waals surface area contributed by atoms with Crippen LogP contribution in [0.25, 0.3) is 0 Å². The highest BCUT2D eigenvalue weighted by Crippen LogP contribution is 2.30. The minimum Gasteiger partial charge on any atom is -0.487 e. The van der Waals surface area contributed by atoms with Crippen molar-refractivity contribution in [1.29, 1.82) is 0 Å². The van der Waals surface area contributed by atoms with E-state index in [2.05, 4.69) is 5.10 Å². The summed E-state index contributed by atoms with van der Waals surface area (Å²) in [5.41, 5.74) is 1.12. The molecule has 1 aliphatic heterocycles. The van der Waals surface area contributed by atoms with E-state index >= 15 is 0 Å². The molecule has 1 aromatic carbocycles. The molecule has 168 valence electrons. The zero-order valence-corrected chi connectivity index (χ0v) is 19.0. The van der Waals surface area contributed by atoms with E-state index in [1.165, 1.54) is 11.3 Å². The number of likely N-dealkylation sites (tertiary alicyclic amines) is 1. The van der Waals surface area contributed by atoms with Crippen LogP contribution in [0.3, 0.4) is 0 Å². The Balaban J connectivity index is 1.54. The van der Waals surface area contributed by atoms with Gasteiger partial charge in [0.05, 0.1) is 16.4 Å². The van der Waals surface area contributed by atoms with E-state index in [9.17, 15) is 4.79 Å². The van der Waals surface area contributed by atoms with E-state index in [-0.39, 0.29) is 12.0 Å². The van der Waals surface area contributed by atoms with Crippen LogP contribution in [0.2, 0.25) is 0 Å². The van der Waals surface area contributed by atoms with Gasteiger partial charge in [-0.2, -0.15) is 5.10 Å². The van der Waals surface area contributed by atoms with Gasteiger partial charge in [0.15, 0.2) is 0 Å². The Hall–Kier alpha value is -2.85. The molecule has 2 heterocycles. The van der Waals surface area contributed by atoms with Crippen molar-refractivity contribution in [2.24, 2.45) is 16.8 Å². The first-order chi connectivity index (χ1) is 14.7. The van der Waals surface area contributed by atoms with Crippen LogP contribution in [0.5, 0.6) is 5.75 Å². The fourth-order valence-electron chi connectivity index (χ4n) is 3.26. The van der Waals surface area contributed by atoms with Crippen LogP contribution in [0.15, 0.2) is 34.7 Å². The van der Waals surface area contributed by atoms with Crippen LogP contribution in [-0.2, 0) is 11.3 Å². The second kappa shape index (κ2) is 9.97. The Morgan fingerprint density at radius 3 is 2.81 bits per heavy atom. The first-order valence-electron chi connectivity index (χ1n) is 10.2. The Morgan fingerprint density at radius 1 is 1.39 bits per heavy atom. The van der Waals surface area contributed by atoms with Crippen molar-refractivity contribution >= 4 is 29.5 Å². The summed E-state index contributed by atoms with van der Waals surface area (Å²) in [5.74, 6) is 11.8. The zero-order chi connectivity index (χ0) is 22.4. The molecule has 1 atom stereocenters. The molecule has 9 nitrogen and oxygen atoms in total. The van der Waals surface area contributed by atoms with Gasteiger partial charge >= 0.3 is 6.09 Å². The van der Waals surface area contributed by atoms with Crippen molar-refractivity contribution < 1.29 is 14.3 Å². The second-order valence-corrected chi connectivity index (χ2v) is 9.29. The lowest BCUT2D eigenvalue weighted by Crippen LogP contribution is -2.42. The number of thiazole rings is 1. The van der Waals surface area contributed by atoms with Crippen molar-refractivity contribution in [2.75, 3.05) is 18.1 Å². The predicted octanol–water partition coefficient (Wildman–Crippen LogP) is 3.42. The first-order valence-corrected chi connectivity index (χ1v) is 11.1. The SMILES string of the molecule is CC(C)(C)OC(=O)N1CCCC(c2nc(COc3ccc(N(N)/C=N\N)cc3)cs2)C1. The van der Waals surface area contributed by atoms with Crippen LogP contribution in [-0.4, -0.2) is 41.0 Å². The average Bonchev–Trinajstić information content (AvgIpc) is 3.21. The van der Waals surface area contributed by atoms with Gasteiger partial charge in [-0.05, 0) is 57.9 Å². The normalized spacial score (nSPS) is 17.0. The number of rotatable bonds is 6. The van der Waals surface area contributed by atoms with Crippen LogP contribution < -0.4 is 21.4 Å². The van der Waals surface area contributed by atoms with Gasteiger partial charge in [-0.1, -0.05) is 0 Å². The number of anilines is 1. The van der Waals surface area contributed by atoms with Crippen LogP contribution >= 0.6 is 11.3 Å². The molecule has 1 fully saturated rings. The van der Waals surface area contributed by atoms with Gasteiger partial charge < -0.3 is 20.2 Å². The van der Waals surface area contributed by atoms with Crippen LogP contribution in [0.4, 0.5) is 10.5 Å². The number of carbonyl (C=O) groups is 1. The molecule has 1 aliphatic rings. The summed E-state index contributed by atoms with van der Waals surface area (Å²) in [4.78, 5) is 18.9. The molecular weight excluding hydrogens is 416 g/mol. The number of hydrogen-bond acceptors (Lipinski definition) is 8. The van der Waals surface area contributed by atoms with Gasteiger partial charge in [0, 0.05) is 24.4 Å². The van der Waals surface area contributed by atoms with Crippen molar-refractivity contribution in [3.05, 3.63) is 40.3 Å². The topological polar surface area (TPSA) is 119 Å². The van der Waals surface area contributed by atoms with E-state index < -0.39 is 5.60 Å². The predicted molar refractivity (Wildman–Crippen MR) is 122 cm³/mol. The van der Waals surface area contributed by atoms with Gasteiger partial charge in [-0.15, -0.1) is 11.3 Å². The van der Waals surface area contributed by atoms with Crippen molar-refractivity contribution in [3.63, 3.8) is 0 Å². The van der Waals surface area contributed by atoms with E-state index in [1.54, 1.807) is 16.2 Å². The van der Waals surface area contributed by atoms with Gasteiger partial charge in [0.1, 0.15) is 24.3 Å². The van der Waals surface area contributed by atoms with Gasteiger partial charge in [-0.3, -0.25) is 5.01 Å². The molecule has 2 aromatic rings. The number of ether oxygens (including phenoxy) is 2. The maximum atomic E-state index is 12.4. The van der Waals surface area contributed by atoms with E-state index in [1.807, 2.05) is 50.4 Å². The summed E-state index contributed by atoms with van der Waals surface area (Å²) in [7, 11) is 0. The van der Waals surface area contributed by atoms with Gasteiger partial charge in [0.25, 0.3) is 0 Å². The summed E-state index contributed by atoms with van der Waals surface area (Å²) in [5, 5.41) is 7.75. The number of hydrogen-bond donors (Lipinski definition) is 2. The molecule has 0 radical (unpaired) electrons. The number of carbonyl (C=O) groups excluding carboxylic acids is 1. The number of hydrazone groups is 1. The molecule has 0 spiro atoms. The fourth-order valence-corrected chi connectivity index (χ4v) is 4.19. The quantitative estimate of drug-likeness (QED) is 0.302. The lowest BCUT2D eigenvalue weighted by molar-refractivity contribution is 0.0198. The van der Waals surface area contributed by atoms with E-state index in [0.29, 0.717) is 18.9 Å². The summed E-state index contributed by atoms with van der Waals surface area (Å²) in [6, 6.07) is 7.28. The highest BCUT2D eigenvalue weighted by atomic mass is 32.1. The van der Waals surface area contributed by atoms with Crippen molar-refractivity contribution in [2.45, 2.75) is 51.7 Å². The Kier molecular flexibility index (Phi) is 7.34. The third kappa shape index (κ3) is 6.56. The second-order valence-electron chi connectivity index (χ2n) is 8.40. The molecule has 0 aliphatic carbocycles. The summed E-state index contributed by atoms with van der Waals surface area (Å²) >= 11 is 1.61. The van der Waals surface area contributed by atoms with Crippen LogP contribution in [0.1, 0.15) is 50.2 Å². The Labute approximate surface area is 186 Å². The maximum absolute atomic E-state index is 12.4. The van der Waals surface area contributed by atoms with E-state index in [0.717, 1.165) is 35.8 Å². The zero-order valence-electron chi connectivity index (χ0n) is 18.2. The van der Waals surface area contributed by atoms with Crippen molar-refractivity contribution in [1.82, 2.24) is 9.88 Å². The third-order valence-corrected chi connectivity index (χ3v) is 5.76. The largest absolute Gasteiger partial charge is 0.487 e. The average molecular weight is 447 g/mol. The maximum Gasteiger partial charge on any atom is 0.410 e. The summed E-state index contributed by atoms with van der Waals surface area (Å²) in [6.07, 6.45) is 3.02. The first kappa shape index (κ1) is 22.8. The van der Waals surface area contributed by atoms with Crippen LogP contribution in [0, 0.1) is 0 Å². The molecular formula is C21H30N6O3S. The van der Waals surface area contributed by atoms with E-state index in [4.69, 9.17) is 26.1 Å². The smallest absolute Gasteiger partial charge is 0.410 e. The van der Waals surface area contributed by atoms with Gasteiger partial charge in [0.2, 0.25) is 0 Å². The standard InChI is InChI=1S/C21H30N6O3S/c1-21(2,3)30-20(28)26-10-4-5-15(11-26)19-25-16(13-31-19)12-29-18-8-6-17(7-9-18)27(23)14-24-22/h6-9,13-15H,4-5,10-12,22-23H2,1-3H3/b24-14-. The summed E-state index contributed by atoms with van der Waals surface area (Å²) in [6.45, 7) is 7.37. The molecule has 3 rings (SSSR count). The summed E-state index contributed by atoms with van der Waals surface area (Å²) < 4.78 is 11.4. The highest BCUT2D eigenvalue weighted by molar-refractivity contribution is 7.09. The molecule has 1 saturated heterocycles. The number of benzene rings is 1.